The summed E-state index contributed by atoms with van der Waals surface area (Å²) >= 11 is 0. The molecule has 1 aliphatic rings. The lowest BCUT2D eigenvalue weighted by Crippen LogP contribution is -2.49. The van der Waals surface area contributed by atoms with Crippen molar-refractivity contribution in [2.24, 2.45) is 0 Å². The standard InChI is InChI=1S/C12H18N2O3/c1-3-13(4-2)9-10(12(16)11(9)15)14-5-7-17-8-6-14/h3-8H2,1-2H3. The van der Waals surface area contributed by atoms with E-state index >= 15 is 0 Å². The van der Waals surface area contributed by atoms with Gasteiger partial charge in [-0.2, -0.15) is 0 Å². The Hall–Kier alpha value is -1.36. The van der Waals surface area contributed by atoms with Gasteiger partial charge in [0.25, 0.3) is 10.9 Å². The van der Waals surface area contributed by atoms with Crippen LogP contribution in [0.2, 0.25) is 0 Å². The largest absolute Gasteiger partial charge is 0.378 e. The Morgan fingerprint density at radius 1 is 1.12 bits per heavy atom. The third-order valence-corrected chi connectivity index (χ3v) is 3.27. The van der Waals surface area contributed by atoms with Crippen molar-refractivity contribution in [3.63, 3.8) is 0 Å². The molecular formula is C12H18N2O3. The molecule has 0 spiro atoms. The monoisotopic (exact) mass is 238 g/mol. The summed E-state index contributed by atoms with van der Waals surface area (Å²) < 4.78 is 5.25. The highest BCUT2D eigenvalue weighted by Gasteiger charge is 2.29. The van der Waals surface area contributed by atoms with Crippen molar-refractivity contribution in [1.82, 2.24) is 0 Å². The summed E-state index contributed by atoms with van der Waals surface area (Å²) in [7, 11) is 0. The van der Waals surface area contributed by atoms with Gasteiger partial charge in [0.2, 0.25) is 0 Å². The molecule has 5 nitrogen and oxygen atoms in total. The van der Waals surface area contributed by atoms with Crippen LogP contribution in [0.15, 0.2) is 9.59 Å². The zero-order valence-corrected chi connectivity index (χ0v) is 10.4. The van der Waals surface area contributed by atoms with E-state index in [1.165, 1.54) is 0 Å². The zero-order valence-electron chi connectivity index (χ0n) is 10.4. The molecule has 0 N–H and O–H groups in total. The van der Waals surface area contributed by atoms with Crippen LogP contribution in [0.25, 0.3) is 0 Å². The van der Waals surface area contributed by atoms with E-state index in [-0.39, 0.29) is 10.9 Å². The Morgan fingerprint density at radius 2 is 1.71 bits per heavy atom. The SMILES string of the molecule is CCN(CC)c1c(N2CCOCC2)c(=O)c1=O. The van der Waals surface area contributed by atoms with Gasteiger partial charge >= 0.3 is 0 Å². The molecular weight excluding hydrogens is 220 g/mol. The first-order valence-electron chi connectivity index (χ1n) is 6.11. The second kappa shape index (κ2) is 4.87. The second-order valence-electron chi connectivity index (χ2n) is 4.13. The van der Waals surface area contributed by atoms with Crippen molar-refractivity contribution in [2.75, 3.05) is 49.2 Å². The van der Waals surface area contributed by atoms with Gasteiger partial charge in [-0.25, -0.2) is 0 Å². The average molecular weight is 238 g/mol. The third-order valence-electron chi connectivity index (χ3n) is 3.27. The molecule has 5 heteroatoms. The minimum absolute atomic E-state index is 0.338. The van der Waals surface area contributed by atoms with Crippen LogP contribution in [0.5, 0.6) is 0 Å². The van der Waals surface area contributed by atoms with Crippen molar-refractivity contribution >= 4 is 11.4 Å². The highest BCUT2D eigenvalue weighted by atomic mass is 16.5. The van der Waals surface area contributed by atoms with E-state index in [0.29, 0.717) is 37.7 Å². The van der Waals surface area contributed by atoms with E-state index < -0.39 is 0 Å². The van der Waals surface area contributed by atoms with Crippen LogP contribution in [0, 0.1) is 0 Å². The quantitative estimate of drug-likeness (QED) is 0.689. The molecule has 0 aromatic heterocycles. The minimum Gasteiger partial charge on any atom is -0.378 e. The zero-order chi connectivity index (χ0) is 12.4. The van der Waals surface area contributed by atoms with Gasteiger partial charge in [0.05, 0.1) is 13.2 Å². The molecule has 1 fully saturated rings. The molecule has 1 heterocycles. The number of anilines is 2. The summed E-state index contributed by atoms with van der Waals surface area (Å²) in [6.45, 7) is 8.11. The Balaban J connectivity index is 2.31. The van der Waals surface area contributed by atoms with E-state index in [1.54, 1.807) is 0 Å². The molecule has 0 bridgehead atoms. The van der Waals surface area contributed by atoms with Crippen molar-refractivity contribution in [3.05, 3.63) is 20.4 Å². The average Bonchev–Trinajstić information content (AvgIpc) is 2.39. The molecule has 94 valence electrons. The van der Waals surface area contributed by atoms with E-state index in [9.17, 15) is 9.59 Å². The topological polar surface area (TPSA) is 49.9 Å². The summed E-state index contributed by atoms with van der Waals surface area (Å²) in [6.07, 6.45) is 0. The van der Waals surface area contributed by atoms with Crippen LogP contribution < -0.4 is 20.7 Å². The number of hydrogen-bond donors (Lipinski definition) is 0. The molecule has 0 radical (unpaired) electrons. The van der Waals surface area contributed by atoms with Gasteiger partial charge in [-0.1, -0.05) is 0 Å². The highest BCUT2D eigenvalue weighted by Crippen LogP contribution is 2.24. The second-order valence-corrected chi connectivity index (χ2v) is 4.13. The van der Waals surface area contributed by atoms with E-state index in [4.69, 9.17) is 4.74 Å². The third kappa shape index (κ3) is 1.95. The van der Waals surface area contributed by atoms with Gasteiger partial charge in [-0.3, -0.25) is 9.59 Å². The van der Waals surface area contributed by atoms with Crippen LogP contribution in [0.4, 0.5) is 11.4 Å². The van der Waals surface area contributed by atoms with Gasteiger partial charge in [0.1, 0.15) is 11.4 Å². The first-order chi connectivity index (χ1) is 8.20. The van der Waals surface area contributed by atoms with E-state index in [0.717, 1.165) is 13.1 Å². The van der Waals surface area contributed by atoms with Gasteiger partial charge in [-0.15, -0.1) is 0 Å². The van der Waals surface area contributed by atoms with Crippen LogP contribution in [-0.4, -0.2) is 39.4 Å². The predicted molar refractivity (Wildman–Crippen MR) is 67.9 cm³/mol. The summed E-state index contributed by atoms with van der Waals surface area (Å²) in [4.78, 5) is 27.3. The number of rotatable bonds is 4. The van der Waals surface area contributed by atoms with Crippen LogP contribution in [0.1, 0.15) is 13.8 Å². The molecule has 1 aliphatic heterocycles. The molecule has 1 aromatic rings. The molecule has 17 heavy (non-hydrogen) atoms. The van der Waals surface area contributed by atoms with Gasteiger partial charge < -0.3 is 14.5 Å². The maximum Gasteiger partial charge on any atom is 0.253 e. The lowest BCUT2D eigenvalue weighted by molar-refractivity contribution is 0.122. The Labute approximate surface area is 100 Å². The lowest BCUT2D eigenvalue weighted by Gasteiger charge is -2.34. The van der Waals surface area contributed by atoms with Crippen molar-refractivity contribution < 1.29 is 4.74 Å². The van der Waals surface area contributed by atoms with Crippen molar-refractivity contribution in [1.29, 1.82) is 0 Å². The predicted octanol–water partition coefficient (Wildman–Crippen LogP) is -0.0346. The van der Waals surface area contributed by atoms with Gasteiger partial charge in [0, 0.05) is 26.2 Å². The van der Waals surface area contributed by atoms with E-state index in [2.05, 4.69) is 0 Å². The smallest absolute Gasteiger partial charge is 0.253 e. The van der Waals surface area contributed by atoms with Crippen molar-refractivity contribution in [2.45, 2.75) is 13.8 Å². The summed E-state index contributed by atoms with van der Waals surface area (Å²) in [6, 6.07) is 0. The Bertz CT molecular complexity index is 452. The van der Waals surface area contributed by atoms with Crippen molar-refractivity contribution in [3.8, 4) is 0 Å². The van der Waals surface area contributed by atoms with Crippen LogP contribution in [0.3, 0.4) is 0 Å². The fourth-order valence-electron chi connectivity index (χ4n) is 2.28. The number of morpholine rings is 1. The van der Waals surface area contributed by atoms with Crippen LogP contribution >= 0.6 is 0 Å². The molecule has 0 aliphatic carbocycles. The fourth-order valence-corrected chi connectivity index (χ4v) is 2.28. The Morgan fingerprint density at radius 3 is 2.24 bits per heavy atom. The summed E-state index contributed by atoms with van der Waals surface area (Å²) in [5.41, 5.74) is 0.521. The first-order valence-corrected chi connectivity index (χ1v) is 6.11. The summed E-state index contributed by atoms with van der Waals surface area (Å²) in [5, 5.41) is 0. The molecule has 0 saturated carbocycles. The lowest BCUT2D eigenvalue weighted by atomic mass is 10.1. The number of nitrogens with zero attached hydrogens (tertiary/aromatic N) is 2. The Kier molecular flexibility index (Phi) is 3.47. The molecule has 0 amide bonds. The maximum absolute atomic E-state index is 11.7. The minimum atomic E-state index is -0.339. The van der Waals surface area contributed by atoms with Crippen LogP contribution in [-0.2, 0) is 4.74 Å². The molecule has 1 aromatic carbocycles. The van der Waals surface area contributed by atoms with Gasteiger partial charge in [0.15, 0.2) is 0 Å². The fraction of sp³-hybridized carbons (Fsp3) is 0.667. The molecule has 0 unspecified atom stereocenters. The van der Waals surface area contributed by atoms with E-state index in [1.807, 2.05) is 23.6 Å². The maximum atomic E-state index is 11.7. The van der Waals surface area contributed by atoms with Gasteiger partial charge in [-0.05, 0) is 13.8 Å². The summed E-state index contributed by atoms with van der Waals surface area (Å²) in [5.74, 6) is 0. The molecule has 2 rings (SSSR count). The first kappa shape index (κ1) is 12.1. The molecule has 0 atom stereocenters. The number of ether oxygens (including phenoxy) is 1. The molecule has 1 saturated heterocycles. The highest BCUT2D eigenvalue weighted by molar-refractivity contribution is 5.76. The normalized spacial score (nSPS) is 16.5. The number of hydrogen-bond acceptors (Lipinski definition) is 5.